The average molecular weight is 304 g/mol. The second-order valence-electron chi connectivity index (χ2n) is 6.26. The van der Waals surface area contributed by atoms with Gasteiger partial charge in [0, 0.05) is 17.6 Å². The largest absolute Gasteiger partial charge is 0.481 e. The first-order chi connectivity index (χ1) is 10.4. The van der Waals surface area contributed by atoms with E-state index in [0.717, 1.165) is 0 Å². The number of nitrogens with zero attached hydrogens (tertiary/aromatic N) is 1. The van der Waals surface area contributed by atoms with Crippen molar-refractivity contribution in [1.82, 2.24) is 4.90 Å². The van der Waals surface area contributed by atoms with Crippen molar-refractivity contribution in [3.63, 3.8) is 0 Å². The predicted octanol–water partition coefficient (Wildman–Crippen LogP) is 0.105. The van der Waals surface area contributed by atoms with Crippen LogP contribution in [0.4, 0.5) is 0 Å². The smallest absolute Gasteiger partial charge is 0.310 e. The van der Waals surface area contributed by atoms with E-state index >= 15 is 0 Å². The fourth-order valence-electron chi connectivity index (χ4n) is 4.11. The molecule has 1 aromatic rings. The van der Waals surface area contributed by atoms with E-state index in [2.05, 4.69) is 0 Å². The lowest BCUT2D eigenvalue weighted by Gasteiger charge is -2.49. The summed E-state index contributed by atoms with van der Waals surface area (Å²) in [4.78, 5) is 26.4. The van der Waals surface area contributed by atoms with Gasteiger partial charge in [0.1, 0.15) is 11.5 Å². The molecule has 1 aromatic carbocycles. The Morgan fingerprint density at radius 3 is 2.50 bits per heavy atom. The normalized spacial score (nSPS) is 38.0. The number of Topliss-reactive ketones (excluding diaryl/α,β-unsaturated/α-hetero) is 1. The van der Waals surface area contributed by atoms with Crippen molar-refractivity contribution in [3.05, 3.63) is 35.9 Å². The molecule has 6 nitrogen and oxygen atoms in total. The minimum Gasteiger partial charge on any atom is -0.481 e. The van der Waals surface area contributed by atoms with Gasteiger partial charge in [-0.2, -0.15) is 0 Å². The number of hydrogen-bond acceptors (Lipinski definition) is 5. The third kappa shape index (κ3) is 1.91. The Balaban J connectivity index is 2.07. The van der Waals surface area contributed by atoms with Crippen LogP contribution >= 0.6 is 0 Å². The minimum absolute atomic E-state index is 0.280. The number of ketones is 1. The van der Waals surface area contributed by atoms with Crippen LogP contribution in [0.3, 0.4) is 0 Å². The number of aliphatic hydroxyl groups is 1. The fraction of sp³-hybridized carbons (Fsp3) is 0.500. The van der Waals surface area contributed by atoms with E-state index in [4.69, 9.17) is 5.73 Å². The summed E-state index contributed by atoms with van der Waals surface area (Å²) in [5.74, 6) is -2.56. The number of aliphatic hydroxyl groups excluding tert-OH is 1. The molecule has 2 fully saturated rings. The Morgan fingerprint density at radius 1 is 1.27 bits per heavy atom. The molecule has 5 atom stereocenters. The van der Waals surface area contributed by atoms with Crippen LogP contribution in [0.2, 0.25) is 0 Å². The number of carboxylic acid groups (broad SMARTS) is 1. The second-order valence-corrected chi connectivity index (χ2v) is 6.26. The third-order valence-corrected chi connectivity index (χ3v) is 5.26. The number of carbonyl (C=O) groups excluding carboxylic acids is 1. The van der Waals surface area contributed by atoms with Crippen LogP contribution in [0.1, 0.15) is 23.2 Å². The highest BCUT2D eigenvalue weighted by atomic mass is 16.4. The molecule has 2 bridgehead atoms. The Morgan fingerprint density at radius 2 is 1.91 bits per heavy atom. The zero-order valence-electron chi connectivity index (χ0n) is 12.3. The summed E-state index contributed by atoms with van der Waals surface area (Å²) < 4.78 is 0. The van der Waals surface area contributed by atoms with Crippen molar-refractivity contribution < 1.29 is 19.8 Å². The lowest BCUT2D eigenvalue weighted by atomic mass is 9.71. The first-order valence-electron chi connectivity index (χ1n) is 7.40. The predicted molar refractivity (Wildman–Crippen MR) is 79.4 cm³/mol. The number of piperidine rings is 1. The van der Waals surface area contributed by atoms with Gasteiger partial charge in [-0.1, -0.05) is 30.3 Å². The maximum Gasteiger partial charge on any atom is 0.310 e. The Labute approximate surface area is 128 Å². The molecule has 3 rings (SSSR count). The third-order valence-electron chi connectivity index (χ3n) is 5.26. The number of carboxylic acids is 1. The molecule has 2 aliphatic rings. The van der Waals surface area contributed by atoms with E-state index in [1.807, 2.05) is 4.90 Å². The molecule has 0 saturated carbocycles. The van der Waals surface area contributed by atoms with E-state index in [1.165, 1.54) is 0 Å². The molecule has 0 aromatic heterocycles. The number of hydrogen-bond donors (Lipinski definition) is 3. The van der Waals surface area contributed by atoms with E-state index in [1.54, 1.807) is 37.4 Å². The van der Waals surface area contributed by atoms with Gasteiger partial charge in [-0.3, -0.25) is 14.5 Å². The Kier molecular flexibility index (Phi) is 3.55. The summed E-state index contributed by atoms with van der Waals surface area (Å²) in [6.07, 6.45) is -0.167. The highest BCUT2D eigenvalue weighted by Gasteiger charge is 2.63. The van der Waals surface area contributed by atoms with Crippen LogP contribution in [-0.2, 0) is 4.79 Å². The molecular weight excluding hydrogens is 284 g/mol. The lowest BCUT2D eigenvalue weighted by Crippen LogP contribution is -2.75. The molecule has 22 heavy (non-hydrogen) atoms. The topological polar surface area (TPSA) is 104 Å². The van der Waals surface area contributed by atoms with Crippen molar-refractivity contribution >= 4 is 11.8 Å². The van der Waals surface area contributed by atoms with Crippen LogP contribution in [0.5, 0.6) is 0 Å². The van der Waals surface area contributed by atoms with E-state index < -0.39 is 29.3 Å². The first kappa shape index (κ1) is 15.1. The van der Waals surface area contributed by atoms with Gasteiger partial charge in [0.15, 0.2) is 5.78 Å². The van der Waals surface area contributed by atoms with Gasteiger partial charge in [-0.15, -0.1) is 0 Å². The second kappa shape index (κ2) is 5.15. The number of benzene rings is 1. The zero-order chi connectivity index (χ0) is 16.1. The molecule has 0 spiro atoms. The minimum atomic E-state index is -1.60. The van der Waals surface area contributed by atoms with Crippen LogP contribution in [0, 0.1) is 5.92 Å². The van der Waals surface area contributed by atoms with Gasteiger partial charge >= 0.3 is 5.97 Å². The van der Waals surface area contributed by atoms with E-state index in [9.17, 15) is 19.8 Å². The zero-order valence-corrected chi connectivity index (χ0v) is 12.3. The Bertz CT molecular complexity index is 605. The molecule has 2 aliphatic heterocycles. The number of fused-ring (bicyclic) bond motifs is 2. The van der Waals surface area contributed by atoms with E-state index in [-0.39, 0.29) is 12.1 Å². The van der Waals surface area contributed by atoms with Gasteiger partial charge in [0.05, 0.1) is 6.10 Å². The van der Waals surface area contributed by atoms with Gasteiger partial charge in [-0.25, -0.2) is 0 Å². The van der Waals surface area contributed by atoms with Gasteiger partial charge < -0.3 is 15.9 Å². The standard InChI is InChI=1S/C16H20N2O4/c1-18-10-7-8-11(18)16(17,14(20)12(10)15(21)22)13(19)9-5-3-2-4-6-9/h2-6,10-12,14,20H,7-8,17H2,1H3,(H,21,22)/t10-,11+,12-,14-,16?/m1/s1. The molecule has 0 radical (unpaired) electrons. The molecule has 4 N–H and O–H groups in total. The summed E-state index contributed by atoms with van der Waals surface area (Å²) in [6.45, 7) is 0. The summed E-state index contributed by atoms with van der Waals surface area (Å²) in [7, 11) is 1.78. The maximum atomic E-state index is 12.9. The molecule has 2 heterocycles. The molecule has 2 saturated heterocycles. The van der Waals surface area contributed by atoms with Crippen LogP contribution in [0.15, 0.2) is 30.3 Å². The number of carbonyl (C=O) groups is 2. The monoisotopic (exact) mass is 304 g/mol. The quantitative estimate of drug-likeness (QED) is 0.685. The van der Waals surface area contributed by atoms with Crippen LogP contribution in [0.25, 0.3) is 0 Å². The van der Waals surface area contributed by atoms with Crippen LogP contribution in [-0.4, -0.2) is 57.6 Å². The van der Waals surface area contributed by atoms with Gasteiger partial charge in [0.2, 0.25) is 0 Å². The van der Waals surface area contributed by atoms with Crippen molar-refractivity contribution in [1.29, 1.82) is 0 Å². The fourth-order valence-corrected chi connectivity index (χ4v) is 4.11. The van der Waals surface area contributed by atoms with Gasteiger partial charge in [0.25, 0.3) is 0 Å². The Hall–Kier alpha value is -1.76. The highest BCUT2D eigenvalue weighted by Crippen LogP contribution is 2.44. The molecule has 6 heteroatoms. The summed E-state index contributed by atoms with van der Waals surface area (Å²) >= 11 is 0. The lowest BCUT2D eigenvalue weighted by molar-refractivity contribution is -0.155. The number of nitrogens with two attached hydrogens (primary N) is 1. The average Bonchev–Trinajstić information content (AvgIpc) is 2.82. The van der Waals surface area contributed by atoms with Crippen molar-refractivity contribution in [2.75, 3.05) is 7.05 Å². The van der Waals surface area contributed by atoms with Crippen LogP contribution < -0.4 is 5.73 Å². The van der Waals surface area contributed by atoms with Crippen molar-refractivity contribution in [2.45, 2.75) is 36.6 Å². The number of rotatable bonds is 3. The van der Waals surface area contributed by atoms with E-state index in [0.29, 0.717) is 18.4 Å². The SMILES string of the molecule is CN1[C@@H]2CC[C@H]1C(N)(C(=O)c1ccccc1)[C@H](O)[C@@H]2C(=O)O. The summed E-state index contributed by atoms with van der Waals surface area (Å²) in [5, 5.41) is 20.1. The van der Waals surface area contributed by atoms with Crippen molar-refractivity contribution in [2.24, 2.45) is 11.7 Å². The summed E-state index contributed by atoms with van der Waals surface area (Å²) in [6, 6.07) is 7.88. The maximum absolute atomic E-state index is 12.9. The number of aliphatic carboxylic acids is 1. The van der Waals surface area contributed by atoms with Crippen molar-refractivity contribution in [3.8, 4) is 0 Å². The molecule has 0 aliphatic carbocycles. The molecule has 0 amide bonds. The molecule has 1 unspecified atom stereocenters. The highest BCUT2D eigenvalue weighted by molar-refractivity contribution is 6.05. The number of likely N-dealkylation sites (N-methyl/N-ethyl adjacent to an activating group) is 1. The molecule has 118 valence electrons. The molecular formula is C16H20N2O4. The summed E-state index contributed by atoms with van der Waals surface area (Å²) in [5.41, 5.74) is 5.16. The van der Waals surface area contributed by atoms with Gasteiger partial charge in [-0.05, 0) is 19.9 Å². The first-order valence-corrected chi connectivity index (χ1v) is 7.40.